The summed E-state index contributed by atoms with van der Waals surface area (Å²) in [5.41, 5.74) is 3.16. The van der Waals surface area contributed by atoms with Crippen molar-refractivity contribution in [2.24, 2.45) is 15.8 Å². The van der Waals surface area contributed by atoms with Crippen LogP contribution in [0, 0.1) is 0 Å². The van der Waals surface area contributed by atoms with Gasteiger partial charge in [-0.05, 0) is 43.7 Å². The highest BCUT2D eigenvalue weighted by atomic mass is 16.5. The Morgan fingerprint density at radius 1 is 1.23 bits per heavy atom. The molecule has 1 amide bonds. The average molecular weight is 404 g/mol. The number of hydrogen-bond acceptors (Lipinski definition) is 7. The maximum atomic E-state index is 12.4. The van der Waals surface area contributed by atoms with Gasteiger partial charge in [0.15, 0.2) is 5.82 Å². The molecule has 152 valence electrons. The Labute approximate surface area is 173 Å². The number of aliphatic imine (C=N–C) groups is 2. The Morgan fingerprint density at radius 2 is 2.10 bits per heavy atom. The van der Waals surface area contributed by atoms with Crippen LogP contribution in [0.15, 0.2) is 74.9 Å². The number of carbonyl (C=O) groups is 1. The lowest BCUT2D eigenvalue weighted by Gasteiger charge is -2.27. The number of nitrogens with one attached hydrogen (secondary N) is 2. The summed E-state index contributed by atoms with van der Waals surface area (Å²) in [7, 11) is 0. The number of quaternary nitrogens is 1. The van der Waals surface area contributed by atoms with Crippen molar-refractivity contribution < 1.29 is 13.9 Å². The van der Waals surface area contributed by atoms with E-state index >= 15 is 0 Å². The zero-order chi connectivity index (χ0) is 20.6. The van der Waals surface area contributed by atoms with E-state index in [0.29, 0.717) is 17.2 Å². The molecule has 9 nitrogen and oxygen atoms in total. The SMILES string of the molecule is N[N+]12C=CN=CC1=C(C1CCCCN1)N=C2c1ccc(C(=O)Nc2ccon2)cc1. The topological polar surface area (TPSA) is 118 Å². The summed E-state index contributed by atoms with van der Waals surface area (Å²) in [6.45, 7) is 0.971. The summed E-state index contributed by atoms with van der Waals surface area (Å²) in [5.74, 6) is 7.58. The van der Waals surface area contributed by atoms with E-state index in [9.17, 15) is 4.79 Å². The number of nitrogens with zero attached hydrogens (tertiary/aromatic N) is 4. The maximum Gasteiger partial charge on any atom is 0.264 e. The van der Waals surface area contributed by atoms with E-state index in [-0.39, 0.29) is 16.5 Å². The number of anilines is 1. The lowest BCUT2D eigenvalue weighted by molar-refractivity contribution is -0.750. The van der Waals surface area contributed by atoms with E-state index in [1.807, 2.05) is 18.3 Å². The van der Waals surface area contributed by atoms with Crippen LogP contribution in [0.25, 0.3) is 0 Å². The van der Waals surface area contributed by atoms with Gasteiger partial charge in [0.1, 0.15) is 18.2 Å². The summed E-state index contributed by atoms with van der Waals surface area (Å²) in [4.78, 5) is 21.6. The molecule has 3 aliphatic heterocycles. The van der Waals surface area contributed by atoms with Gasteiger partial charge in [0.25, 0.3) is 11.7 Å². The second kappa shape index (κ2) is 7.45. The number of amidine groups is 1. The van der Waals surface area contributed by atoms with E-state index in [1.165, 1.54) is 12.7 Å². The Hall–Kier alpha value is -3.40. The highest BCUT2D eigenvalue weighted by Gasteiger charge is 2.45. The fourth-order valence-corrected chi connectivity index (χ4v) is 3.98. The maximum absolute atomic E-state index is 12.4. The first-order valence-corrected chi connectivity index (χ1v) is 9.93. The molecule has 2 aromatic rings. The van der Waals surface area contributed by atoms with Gasteiger partial charge in [-0.1, -0.05) is 11.6 Å². The molecule has 1 aromatic carbocycles. The first kappa shape index (κ1) is 18.6. The highest BCUT2D eigenvalue weighted by molar-refractivity contribution is 6.05. The van der Waals surface area contributed by atoms with Crippen LogP contribution in [0.2, 0.25) is 0 Å². The quantitative estimate of drug-likeness (QED) is 0.534. The van der Waals surface area contributed by atoms with Crippen molar-refractivity contribution in [3.8, 4) is 0 Å². The number of allylic oxidation sites excluding steroid dienone is 1. The molecule has 0 radical (unpaired) electrons. The number of piperidine rings is 1. The highest BCUT2D eigenvalue weighted by Crippen LogP contribution is 2.34. The summed E-state index contributed by atoms with van der Waals surface area (Å²) >= 11 is 0. The smallest absolute Gasteiger partial charge is 0.264 e. The molecule has 0 spiro atoms. The Morgan fingerprint density at radius 3 is 2.83 bits per heavy atom. The molecule has 30 heavy (non-hydrogen) atoms. The lowest BCUT2D eigenvalue weighted by atomic mass is 10.0. The first-order chi connectivity index (χ1) is 14.6. The van der Waals surface area contributed by atoms with Crippen molar-refractivity contribution in [3.05, 3.63) is 71.5 Å². The third-order valence-corrected chi connectivity index (χ3v) is 5.55. The summed E-state index contributed by atoms with van der Waals surface area (Å²) in [6.07, 6.45) is 10.1. The molecule has 2 unspecified atom stereocenters. The normalized spacial score (nSPS) is 25.2. The van der Waals surface area contributed by atoms with Gasteiger partial charge in [0.2, 0.25) is 5.70 Å². The van der Waals surface area contributed by atoms with Crippen LogP contribution in [0.3, 0.4) is 0 Å². The molecule has 0 saturated carbocycles. The Kier molecular flexibility index (Phi) is 4.62. The molecule has 0 aliphatic carbocycles. The summed E-state index contributed by atoms with van der Waals surface area (Å²) in [6, 6.07) is 8.96. The van der Waals surface area contributed by atoms with Gasteiger partial charge < -0.3 is 15.2 Å². The second-order valence-corrected chi connectivity index (χ2v) is 7.48. The van der Waals surface area contributed by atoms with Gasteiger partial charge in [-0.2, -0.15) is 10.8 Å². The van der Waals surface area contributed by atoms with Crippen molar-refractivity contribution >= 4 is 23.8 Å². The average Bonchev–Trinajstić information content (AvgIpc) is 3.40. The number of aromatic nitrogens is 1. The van der Waals surface area contributed by atoms with Crippen LogP contribution in [-0.2, 0) is 0 Å². The zero-order valence-electron chi connectivity index (χ0n) is 16.3. The number of nitrogens with two attached hydrogens (primary N) is 1. The minimum atomic E-state index is -0.267. The molecule has 4 heterocycles. The summed E-state index contributed by atoms with van der Waals surface area (Å²) in [5, 5.41) is 9.92. The van der Waals surface area contributed by atoms with Crippen molar-refractivity contribution in [2.45, 2.75) is 25.3 Å². The fraction of sp³-hybridized carbons (Fsp3) is 0.238. The van der Waals surface area contributed by atoms with Crippen LogP contribution < -0.4 is 16.5 Å². The molecular weight excluding hydrogens is 382 g/mol. The molecule has 1 saturated heterocycles. The molecule has 3 aliphatic rings. The largest absolute Gasteiger partial charge is 0.363 e. The minimum Gasteiger partial charge on any atom is -0.363 e. The van der Waals surface area contributed by atoms with Crippen molar-refractivity contribution in [1.29, 1.82) is 0 Å². The zero-order valence-corrected chi connectivity index (χ0v) is 16.3. The molecule has 1 fully saturated rings. The van der Waals surface area contributed by atoms with Crippen LogP contribution in [0.5, 0.6) is 0 Å². The molecule has 0 bridgehead atoms. The Balaban J connectivity index is 1.44. The van der Waals surface area contributed by atoms with Crippen LogP contribution in [0.1, 0.15) is 35.2 Å². The standard InChI is InChI=1S/C21H21N7O2/c22-28-11-10-23-13-17(28)19(16-3-1-2-9-24-16)26-20(28)14-4-6-15(7-5-14)21(29)25-18-8-12-30-27-18/h4-8,10-13,16,24H,1-3,9,22H2/p+1. The molecule has 4 N–H and O–H groups in total. The number of amides is 1. The van der Waals surface area contributed by atoms with Crippen molar-refractivity contribution in [1.82, 2.24) is 10.5 Å². The fourth-order valence-electron chi connectivity index (χ4n) is 3.98. The van der Waals surface area contributed by atoms with Crippen molar-refractivity contribution in [3.63, 3.8) is 0 Å². The second-order valence-electron chi connectivity index (χ2n) is 7.48. The van der Waals surface area contributed by atoms with Gasteiger partial charge in [-0.3, -0.25) is 9.79 Å². The van der Waals surface area contributed by atoms with Crippen LogP contribution in [0.4, 0.5) is 5.82 Å². The molecule has 1 aromatic heterocycles. The van der Waals surface area contributed by atoms with Gasteiger partial charge in [-0.15, -0.1) is 4.59 Å². The number of hydrogen-bond donors (Lipinski definition) is 3. The minimum absolute atomic E-state index is 0.0263. The van der Waals surface area contributed by atoms with Crippen molar-refractivity contribution in [2.75, 3.05) is 11.9 Å². The Bertz CT molecular complexity index is 1080. The first-order valence-electron chi connectivity index (χ1n) is 9.93. The third-order valence-electron chi connectivity index (χ3n) is 5.55. The van der Waals surface area contributed by atoms with Gasteiger partial charge in [0, 0.05) is 11.6 Å². The third kappa shape index (κ3) is 3.18. The number of carbonyl (C=O) groups excluding carboxylic acids is 1. The number of fused-ring (bicyclic) bond motifs is 1. The predicted molar refractivity (Wildman–Crippen MR) is 112 cm³/mol. The van der Waals surface area contributed by atoms with E-state index in [4.69, 9.17) is 15.4 Å². The van der Waals surface area contributed by atoms with E-state index in [1.54, 1.807) is 30.6 Å². The number of rotatable bonds is 4. The molecule has 5 rings (SSSR count). The van der Waals surface area contributed by atoms with Gasteiger partial charge in [0.05, 0.1) is 24.0 Å². The van der Waals surface area contributed by atoms with Crippen LogP contribution in [-0.4, -0.2) is 40.3 Å². The molecule has 9 heteroatoms. The number of benzene rings is 1. The van der Waals surface area contributed by atoms with E-state index < -0.39 is 0 Å². The van der Waals surface area contributed by atoms with Gasteiger partial charge in [-0.25, -0.2) is 0 Å². The molecule has 2 atom stereocenters. The monoisotopic (exact) mass is 404 g/mol. The van der Waals surface area contributed by atoms with E-state index in [0.717, 1.165) is 36.3 Å². The lowest BCUT2D eigenvalue weighted by Crippen LogP contribution is -2.53. The molecular formula is C21H22N7O2+. The van der Waals surface area contributed by atoms with E-state index in [2.05, 4.69) is 20.8 Å². The predicted octanol–water partition coefficient (Wildman–Crippen LogP) is 2.29. The summed E-state index contributed by atoms with van der Waals surface area (Å²) < 4.78 is 4.71. The van der Waals surface area contributed by atoms with Crippen LogP contribution >= 0.6 is 0 Å². The van der Waals surface area contributed by atoms with Gasteiger partial charge >= 0.3 is 0 Å².